The zero-order valence-corrected chi connectivity index (χ0v) is 24.6. The van der Waals surface area contributed by atoms with Gasteiger partial charge in [-0.15, -0.1) is 0 Å². The number of methoxy groups -OCH3 is 1. The largest absolute Gasteiger partial charge is 0.497 e. The number of nitrogens with one attached hydrogen (secondary N) is 1. The average molecular weight is 547 g/mol. The van der Waals surface area contributed by atoms with E-state index in [1.54, 1.807) is 24.1 Å². The molecule has 2 aliphatic rings. The number of piperidine rings is 1. The molecule has 2 saturated heterocycles. The van der Waals surface area contributed by atoms with Gasteiger partial charge in [0.05, 0.1) is 18.5 Å². The molecular weight excluding hydrogens is 504 g/mol. The van der Waals surface area contributed by atoms with Crippen LogP contribution in [-0.4, -0.2) is 80.3 Å². The van der Waals surface area contributed by atoms with Crippen molar-refractivity contribution in [2.75, 3.05) is 57.1 Å². The molecule has 2 aromatic rings. The third kappa shape index (κ3) is 7.70. The Hall–Kier alpha value is -3.70. The first-order valence-electron chi connectivity index (χ1n) is 14.1. The van der Waals surface area contributed by atoms with Gasteiger partial charge < -0.3 is 29.5 Å². The van der Waals surface area contributed by atoms with Crippen LogP contribution in [0.3, 0.4) is 0 Å². The Morgan fingerprint density at radius 3 is 2.58 bits per heavy atom. The minimum atomic E-state index is -0.523. The van der Waals surface area contributed by atoms with E-state index < -0.39 is 5.60 Å². The molecule has 8 nitrogen and oxygen atoms in total. The summed E-state index contributed by atoms with van der Waals surface area (Å²) in [6.45, 7) is 11.8. The molecule has 2 heterocycles. The standard InChI is InChI=1S/C32H42N4O4/c1-23-21-35(18-17-34(23)5)29-15-14-24(19-28(29)33-30(37)26-10-7-11-27(20-26)39-6)12-13-25-9-8-16-36(22-25)31(38)40-32(2,3)4/h7,10-11,14-15,19-20,23,25H,8-9,16-18,21-22H2,1-6H3,(H,33,37)/t23-,25?/m0/s1. The summed E-state index contributed by atoms with van der Waals surface area (Å²) in [5.41, 5.74) is 2.54. The van der Waals surface area contributed by atoms with Crippen LogP contribution >= 0.6 is 0 Å². The number of anilines is 2. The lowest BCUT2D eigenvalue weighted by Crippen LogP contribution is -2.50. The minimum Gasteiger partial charge on any atom is -0.497 e. The molecule has 0 saturated carbocycles. The Balaban J connectivity index is 1.56. The second-order valence-corrected chi connectivity index (χ2v) is 11.7. The van der Waals surface area contributed by atoms with E-state index >= 15 is 0 Å². The summed E-state index contributed by atoms with van der Waals surface area (Å²) < 4.78 is 10.9. The van der Waals surface area contributed by atoms with Gasteiger partial charge >= 0.3 is 6.09 Å². The molecule has 0 radical (unpaired) electrons. The topological polar surface area (TPSA) is 74.3 Å². The lowest BCUT2D eigenvalue weighted by Gasteiger charge is -2.39. The van der Waals surface area contributed by atoms with Crippen LogP contribution in [0.2, 0.25) is 0 Å². The number of piperazine rings is 1. The number of hydrogen-bond acceptors (Lipinski definition) is 6. The van der Waals surface area contributed by atoms with E-state index in [4.69, 9.17) is 9.47 Å². The van der Waals surface area contributed by atoms with Crippen molar-refractivity contribution in [1.82, 2.24) is 9.80 Å². The molecule has 0 aromatic heterocycles. The van der Waals surface area contributed by atoms with Crippen LogP contribution < -0.4 is 15.0 Å². The number of benzene rings is 2. The highest BCUT2D eigenvalue weighted by Crippen LogP contribution is 2.30. The van der Waals surface area contributed by atoms with Crippen molar-refractivity contribution in [1.29, 1.82) is 0 Å². The number of carbonyl (C=O) groups is 2. The van der Waals surface area contributed by atoms with Crippen molar-refractivity contribution in [2.45, 2.75) is 52.2 Å². The first kappa shape index (κ1) is 29.3. The molecule has 2 fully saturated rings. The molecule has 4 rings (SSSR count). The van der Waals surface area contributed by atoms with Crippen molar-refractivity contribution in [3.8, 4) is 17.6 Å². The summed E-state index contributed by atoms with van der Waals surface area (Å²) >= 11 is 0. The van der Waals surface area contributed by atoms with Crippen molar-refractivity contribution in [3.63, 3.8) is 0 Å². The molecule has 2 amide bonds. The lowest BCUT2D eigenvalue weighted by atomic mass is 9.98. The fraction of sp³-hybridized carbons (Fsp3) is 0.500. The fourth-order valence-electron chi connectivity index (χ4n) is 4.99. The van der Waals surface area contributed by atoms with Gasteiger partial charge in [0.1, 0.15) is 11.4 Å². The van der Waals surface area contributed by atoms with Crippen LogP contribution in [0.1, 0.15) is 56.5 Å². The molecule has 2 aliphatic heterocycles. The maximum Gasteiger partial charge on any atom is 0.410 e. The maximum atomic E-state index is 13.3. The van der Waals surface area contributed by atoms with E-state index in [1.165, 1.54) is 0 Å². The van der Waals surface area contributed by atoms with Crippen LogP contribution in [0.15, 0.2) is 42.5 Å². The van der Waals surface area contributed by atoms with Crippen LogP contribution in [0.4, 0.5) is 16.2 Å². The normalized spacial score (nSPS) is 19.9. The Morgan fingerprint density at radius 1 is 1.05 bits per heavy atom. The number of rotatable bonds is 4. The molecule has 1 unspecified atom stereocenters. The second kappa shape index (κ2) is 12.6. The van der Waals surface area contributed by atoms with Gasteiger partial charge in [-0.25, -0.2) is 4.79 Å². The number of carbonyl (C=O) groups excluding carboxylic acids is 2. The number of amides is 2. The van der Waals surface area contributed by atoms with Crippen LogP contribution in [0.5, 0.6) is 5.75 Å². The third-order valence-corrected chi connectivity index (χ3v) is 7.37. The molecule has 0 bridgehead atoms. The third-order valence-electron chi connectivity index (χ3n) is 7.37. The summed E-state index contributed by atoms with van der Waals surface area (Å²) in [6.07, 6.45) is 1.54. The van der Waals surface area contributed by atoms with E-state index in [9.17, 15) is 9.59 Å². The van der Waals surface area contributed by atoms with Crippen molar-refractivity contribution >= 4 is 23.4 Å². The zero-order chi connectivity index (χ0) is 28.9. The van der Waals surface area contributed by atoms with E-state index in [0.717, 1.165) is 49.4 Å². The smallest absolute Gasteiger partial charge is 0.410 e. The fourth-order valence-corrected chi connectivity index (χ4v) is 4.99. The summed E-state index contributed by atoms with van der Waals surface area (Å²) in [6, 6.07) is 13.6. The van der Waals surface area contributed by atoms with Gasteiger partial charge in [-0.2, -0.15) is 0 Å². The van der Waals surface area contributed by atoms with Crippen molar-refractivity contribution in [2.24, 2.45) is 5.92 Å². The molecule has 1 N–H and O–H groups in total. The predicted molar refractivity (Wildman–Crippen MR) is 159 cm³/mol. The molecular formula is C32H42N4O4. The molecule has 214 valence electrons. The summed E-state index contributed by atoms with van der Waals surface area (Å²) in [5.74, 6) is 7.18. The zero-order valence-electron chi connectivity index (χ0n) is 24.6. The van der Waals surface area contributed by atoms with Crippen LogP contribution in [0, 0.1) is 17.8 Å². The molecule has 2 aromatic carbocycles. The van der Waals surface area contributed by atoms with Crippen LogP contribution in [0.25, 0.3) is 0 Å². The highest BCUT2D eigenvalue weighted by Gasteiger charge is 2.27. The number of hydrogen-bond donors (Lipinski definition) is 1. The van der Waals surface area contributed by atoms with E-state index in [0.29, 0.717) is 30.4 Å². The van der Waals surface area contributed by atoms with Gasteiger partial charge in [-0.3, -0.25) is 4.79 Å². The molecule has 0 spiro atoms. The van der Waals surface area contributed by atoms with Crippen molar-refractivity contribution < 1.29 is 19.1 Å². The second-order valence-electron chi connectivity index (χ2n) is 11.7. The minimum absolute atomic E-state index is 0.0641. The summed E-state index contributed by atoms with van der Waals surface area (Å²) in [4.78, 5) is 32.3. The first-order valence-corrected chi connectivity index (χ1v) is 14.1. The van der Waals surface area contributed by atoms with Gasteiger partial charge in [-0.05, 0) is 84.0 Å². The molecule has 40 heavy (non-hydrogen) atoms. The predicted octanol–water partition coefficient (Wildman–Crippen LogP) is 5.09. The Kier molecular flexibility index (Phi) is 9.26. The first-order chi connectivity index (χ1) is 19.0. The average Bonchev–Trinajstić information content (AvgIpc) is 2.93. The Labute approximate surface area is 238 Å². The quantitative estimate of drug-likeness (QED) is 0.539. The monoisotopic (exact) mass is 546 g/mol. The number of nitrogens with zero attached hydrogens (tertiary/aromatic N) is 3. The number of likely N-dealkylation sites (tertiary alicyclic amines) is 1. The Bertz CT molecular complexity index is 1280. The van der Waals surface area contributed by atoms with Crippen LogP contribution in [-0.2, 0) is 4.74 Å². The lowest BCUT2D eigenvalue weighted by molar-refractivity contribution is 0.0190. The highest BCUT2D eigenvalue weighted by molar-refractivity contribution is 6.06. The van der Waals surface area contributed by atoms with Crippen molar-refractivity contribution in [3.05, 3.63) is 53.6 Å². The molecule has 8 heteroatoms. The van der Waals surface area contributed by atoms with Gasteiger partial charge in [0, 0.05) is 55.8 Å². The maximum absolute atomic E-state index is 13.3. The number of likely N-dealkylation sites (N-methyl/N-ethyl adjacent to an activating group) is 1. The van der Waals surface area contributed by atoms with E-state index in [1.807, 2.05) is 45.0 Å². The van der Waals surface area contributed by atoms with Gasteiger partial charge in [0.2, 0.25) is 0 Å². The number of ether oxygens (including phenoxy) is 2. The SMILES string of the molecule is COc1cccc(C(=O)Nc2cc(C#CC3CCCN(C(=O)OC(C)(C)C)C3)ccc2N2CCN(C)[C@@H](C)C2)c1. The summed E-state index contributed by atoms with van der Waals surface area (Å²) in [7, 11) is 3.73. The van der Waals surface area contributed by atoms with Gasteiger partial charge in [-0.1, -0.05) is 17.9 Å². The van der Waals surface area contributed by atoms with Gasteiger partial charge in [0.25, 0.3) is 5.91 Å². The molecule has 2 atom stereocenters. The highest BCUT2D eigenvalue weighted by atomic mass is 16.6. The Morgan fingerprint density at radius 2 is 1.85 bits per heavy atom. The van der Waals surface area contributed by atoms with Gasteiger partial charge in [0.15, 0.2) is 0 Å². The van der Waals surface area contributed by atoms with E-state index in [2.05, 4.69) is 47.0 Å². The van der Waals surface area contributed by atoms with E-state index in [-0.39, 0.29) is 17.9 Å². The molecule has 0 aliphatic carbocycles. The summed E-state index contributed by atoms with van der Waals surface area (Å²) in [5, 5.41) is 3.14.